The smallest absolute Gasteiger partial charge is 0.253 e. The fourth-order valence-corrected chi connectivity index (χ4v) is 2.72. The molecule has 0 spiro atoms. The largest absolute Gasteiger partial charge is 0.399 e. The van der Waals surface area contributed by atoms with Crippen LogP contribution in [0.4, 0.5) is 11.4 Å². The van der Waals surface area contributed by atoms with Crippen LogP contribution in [-0.4, -0.2) is 26.0 Å². The number of nitrogen functional groups attached to an aromatic ring is 1. The van der Waals surface area contributed by atoms with Crippen molar-refractivity contribution in [1.29, 1.82) is 0 Å². The summed E-state index contributed by atoms with van der Waals surface area (Å²) < 4.78 is 0. The van der Waals surface area contributed by atoms with Crippen molar-refractivity contribution < 1.29 is 4.79 Å². The van der Waals surface area contributed by atoms with Crippen LogP contribution < -0.4 is 16.0 Å². The number of hydrogen-bond acceptors (Lipinski definition) is 3. The summed E-state index contributed by atoms with van der Waals surface area (Å²) in [6.07, 6.45) is 3.63. The van der Waals surface area contributed by atoms with Gasteiger partial charge < -0.3 is 16.0 Å². The zero-order valence-corrected chi connectivity index (χ0v) is 11.8. The molecule has 0 radical (unpaired) electrons. The predicted molar refractivity (Wildman–Crippen MR) is 79.5 cm³/mol. The van der Waals surface area contributed by atoms with Gasteiger partial charge in [0, 0.05) is 25.8 Å². The van der Waals surface area contributed by atoms with Crippen molar-refractivity contribution >= 4 is 17.3 Å². The third-order valence-corrected chi connectivity index (χ3v) is 4.03. The first-order valence-electron chi connectivity index (χ1n) is 7.02. The highest BCUT2D eigenvalue weighted by atomic mass is 16.1. The molecule has 1 fully saturated rings. The second-order valence-electron chi connectivity index (χ2n) is 5.19. The first kappa shape index (κ1) is 13.7. The van der Waals surface area contributed by atoms with Crippen LogP contribution in [0.25, 0.3) is 0 Å². The Bertz CT molecular complexity index is 451. The van der Waals surface area contributed by atoms with E-state index in [9.17, 15) is 4.79 Å². The Balaban J connectivity index is 2.23. The molecule has 1 aromatic rings. The molecule has 1 saturated heterocycles. The van der Waals surface area contributed by atoms with Gasteiger partial charge in [-0.15, -0.1) is 0 Å². The highest BCUT2D eigenvalue weighted by molar-refractivity contribution is 6.00. The summed E-state index contributed by atoms with van der Waals surface area (Å²) in [5.74, 6) is 0.772. The summed E-state index contributed by atoms with van der Waals surface area (Å²) in [7, 11) is 1.66. The van der Waals surface area contributed by atoms with E-state index >= 15 is 0 Å². The molecule has 1 aliphatic rings. The van der Waals surface area contributed by atoms with Gasteiger partial charge in [-0.25, -0.2) is 0 Å². The number of amides is 1. The summed E-state index contributed by atoms with van der Waals surface area (Å²) in [6, 6.07) is 5.51. The lowest BCUT2D eigenvalue weighted by atomic mass is 9.93. The van der Waals surface area contributed by atoms with E-state index in [4.69, 9.17) is 5.73 Å². The molecule has 0 unspecified atom stereocenters. The Morgan fingerprint density at radius 2 is 2.11 bits per heavy atom. The molecule has 0 saturated carbocycles. The predicted octanol–water partition coefficient (Wildman–Crippen LogP) is 2.25. The number of carbonyl (C=O) groups excluding carboxylic acids is 1. The molecular formula is C15H23N3O. The first-order chi connectivity index (χ1) is 9.15. The maximum atomic E-state index is 11.9. The summed E-state index contributed by atoms with van der Waals surface area (Å²) in [6.45, 7) is 4.26. The van der Waals surface area contributed by atoms with E-state index < -0.39 is 0 Å². The van der Waals surface area contributed by atoms with E-state index in [1.807, 2.05) is 12.1 Å². The second-order valence-corrected chi connectivity index (χ2v) is 5.19. The fraction of sp³-hybridized carbons (Fsp3) is 0.533. The monoisotopic (exact) mass is 261 g/mol. The molecule has 1 heterocycles. The lowest BCUT2D eigenvalue weighted by Crippen LogP contribution is -2.35. The van der Waals surface area contributed by atoms with E-state index in [1.165, 1.54) is 19.3 Å². The molecule has 2 rings (SSSR count). The molecule has 3 N–H and O–H groups in total. The minimum absolute atomic E-state index is 0.0485. The number of nitrogens with one attached hydrogen (secondary N) is 1. The average molecular weight is 261 g/mol. The van der Waals surface area contributed by atoms with E-state index in [0.717, 1.165) is 24.7 Å². The number of nitrogens with zero attached hydrogens (tertiary/aromatic N) is 1. The Labute approximate surface area is 115 Å². The van der Waals surface area contributed by atoms with Gasteiger partial charge in [-0.1, -0.05) is 13.3 Å². The van der Waals surface area contributed by atoms with Crippen LogP contribution in [0, 0.1) is 5.92 Å². The molecule has 4 nitrogen and oxygen atoms in total. The van der Waals surface area contributed by atoms with Gasteiger partial charge in [0.2, 0.25) is 0 Å². The van der Waals surface area contributed by atoms with Crippen LogP contribution in [0.15, 0.2) is 18.2 Å². The maximum absolute atomic E-state index is 11.9. The standard InChI is InChI=1S/C15H23N3O/c1-3-11-6-8-18(9-7-11)14-10-12(16)4-5-13(14)15(19)17-2/h4-5,10-11H,3,6-9,16H2,1-2H3,(H,17,19). The van der Waals surface area contributed by atoms with Crippen molar-refractivity contribution in [3.05, 3.63) is 23.8 Å². The summed E-state index contributed by atoms with van der Waals surface area (Å²) in [5.41, 5.74) is 8.26. The lowest BCUT2D eigenvalue weighted by Gasteiger charge is -2.34. The number of nitrogens with two attached hydrogens (primary N) is 1. The van der Waals surface area contributed by atoms with Gasteiger partial charge in [0.25, 0.3) is 5.91 Å². The van der Waals surface area contributed by atoms with E-state index in [2.05, 4.69) is 17.1 Å². The zero-order valence-electron chi connectivity index (χ0n) is 11.8. The summed E-state index contributed by atoms with van der Waals surface area (Å²) >= 11 is 0. The highest BCUT2D eigenvalue weighted by Crippen LogP contribution is 2.29. The van der Waals surface area contributed by atoms with Crippen molar-refractivity contribution in [2.45, 2.75) is 26.2 Å². The third-order valence-electron chi connectivity index (χ3n) is 4.03. The Morgan fingerprint density at radius 1 is 1.42 bits per heavy atom. The Kier molecular flexibility index (Phi) is 4.30. The Hall–Kier alpha value is -1.71. The molecule has 0 bridgehead atoms. The van der Waals surface area contributed by atoms with Gasteiger partial charge in [-0.2, -0.15) is 0 Å². The first-order valence-corrected chi connectivity index (χ1v) is 7.02. The number of hydrogen-bond donors (Lipinski definition) is 2. The zero-order chi connectivity index (χ0) is 13.8. The van der Waals surface area contributed by atoms with Crippen LogP contribution >= 0.6 is 0 Å². The number of piperidine rings is 1. The number of anilines is 2. The van der Waals surface area contributed by atoms with E-state index in [0.29, 0.717) is 11.3 Å². The summed E-state index contributed by atoms with van der Waals surface area (Å²) in [4.78, 5) is 14.2. The quantitative estimate of drug-likeness (QED) is 0.821. The van der Waals surface area contributed by atoms with Gasteiger partial charge in [-0.3, -0.25) is 4.79 Å². The van der Waals surface area contributed by atoms with Crippen molar-refractivity contribution in [3.63, 3.8) is 0 Å². The molecule has 1 aliphatic heterocycles. The van der Waals surface area contributed by atoms with Crippen molar-refractivity contribution in [2.24, 2.45) is 5.92 Å². The molecule has 104 valence electrons. The van der Waals surface area contributed by atoms with Crippen molar-refractivity contribution in [1.82, 2.24) is 5.32 Å². The van der Waals surface area contributed by atoms with E-state index in [1.54, 1.807) is 13.1 Å². The molecule has 4 heteroatoms. The van der Waals surface area contributed by atoms with E-state index in [-0.39, 0.29) is 5.91 Å². The SMILES string of the molecule is CCC1CCN(c2cc(N)ccc2C(=O)NC)CC1. The average Bonchev–Trinajstić information content (AvgIpc) is 2.46. The van der Waals surface area contributed by atoms with Gasteiger partial charge in [-0.05, 0) is 37.0 Å². The van der Waals surface area contributed by atoms with Gasteiger partial charge in [0.15, 0.2) is 0 Å². The minimum Gasteiger partial charge on any atom is -0.399 e. The normalized spacial score (nSPS) is 16.4. The van der Waals surface area contributed by atoms with Crippen LogP contribution in [-0.2, 0) is 0 Å². The molecule has 1 aromatic carbocycles. The van der Waals surface area contributed by atoms with Crippen molar-refractivity contribution in [2.75, 3.05) is 30.8 Å². The Morgan fingerprint density at radius 3 is 2.68 bits per heavy atom. The topological polar surface area (TPSA) is 58.4 Å². The van der Waals surface area contributed by atoms with Crippen LogP contribution in [0.2, 0.25) is 0 Å². The molecule has 0 aromatic heterocycles. The highest BCUT2D eigenvalue weighted by Gasteiger charge is 2.21. The minimum atomic E-state index is -0.0485. The molecule has 1 amide bonds. The summed E-state index contributed by atoms with van der Waals surface area (Å²) in [5, 5.41) is 2.69. The molecule has 19 heavy (non-hydrogen) atoms. The van der Waals surface area contributed by atoms with Crippen LogP contribution in [0.3, 0.4) is 0 Å². The second kappa shape index (κ2) is 5.95. The number of carbonyl (C=O) groups is 1. The molecule has 0 aliphatic carbocycles. The van der Waals surface area contributed by atoms with Gasteiger partial charge >= 0.3 is 0 Å². The van der Waals surface area contributed by atoms with Crippen molar-refractivity contribution in [3.8, 4) is 0 Å². The maximum Gasteiger partial charge on any atom is 0.253 e. The van der Waals surface area contributed by atoms with Crippen LogP contribution in [0.5, 0.6) is 0 Å². The molecule has 0 atom stereocenters. The number of rotatable bonds is 3. The van der Waals surface area contributed by atoms with Gasteiger partial charge in [0.05, 0.1) is 11.3 Å². The third kappa shape index (κ3) is 3.00. The fourth-order valence-electron chi connectivity index (χ4n) is 2.72. The lowest BCUT2D eigenvalue weighted by molar-refractivity contribution is 0.0963. The van der Waals surface area contributed by atoms with Gasteiger partial charge in [0.1, 0.15) is 0 Å². The number of benzene rings is 1. The van der Waals surface area contributed by atoms with Crippen LogP contribution in [0.1, 0.15) is 36.5 Å². The molecular weight excluding hydrogens is 238 g/mol.